The SMILES string of the molecule is CC1(C)CCC(CN)(C(C)(O)c2cccc(Cl)c2)CC1. The molecule has 0 aromatic heterocycles. The Balaban J connectivity index is 2.35. The van der Waals surface area contributed by atoms with E-state index in [2.05, 4.69) is 13.8 Å². The van der Waals surface area contributed by atoms with Gasteiger partial charge >= 0.3 is 0 Å². The third-order valence-corrected chi connectivity index (χ3v) is 5.61. The summed E-state index contributed by atoms with van der Waals surface area (Å²) in [7, 11) is 0. The second kappa shape index (κ2) is 5.32. The third kappa shape index (κ3) is 2.74. The van der Waals surface area contributed by atoms with E-state index in [9.17, 15) is 5.11 Å². The molecule has 0 aliphatic heterocycles. The van der Waals surface area contributed by atoms with Gasteiger partial charge in [0.15, 0.2) is 0 Å². The van der Waals surface area contributed by atoms with Crippen LogP contribution in [0.1, 0.15) is 52.0 Å². The minimum atomic E-state index is -0.941. The molecule has 2 rings (SSSR count). The lowest BCUT2D eigenvalue weighted by molar-refractivity contribution is -0.105. The smallest absolute Gasteiger partial charge is 0.0937 e. The van der Waals surface area contributed by atoms with Crippen LogP contribution in [-0.2, 0) is 5.60 Å². The zero-order chi connectivity index (χ0) is 15.0. The van der Waals surface area contributed by atoms with Gasteiger partial charge in [-0.1, -0.05) is 37.6 Å². The maximum absolute atomic E-state index is 11.2. The van der Waals surface area contributed by atoms with Crippen molar-refractivity contribution in [2.24, 2.45) is 16.6 Å². The molecule has 112 valence electrons. The number of rotatable bonds is 3. The minimum Gasteiger partial charge on any atom is -0.385 e. The molecule has 3 heteroatoms. The van der Waals surface area contributed by atoms with E-state index < -0.39 is 5.60 Å². The summed E-state index contributed by atoms with van der Waals surface area (Å²) in [6.07, 6.45) is 4.11. The highest BCUT2D eigenvalue weighted by molar-refractivity contribution is 6.30. The fourth-order valence-electron chi connectivity index (χ4n) is 3.39. The molecule has 1 saturated carbocycles. The standard InChI is InChI=1S/C17H26ClNO/c1-15(2)7-9-17(12-19,10-8-15)16(3,20)13-5-4-6-14(18)11-13/h4-6,11,20H,7-10,12,19H2,1-3H3. The molecule has 1 atom stereocenters. The number of hydrogen-bond acceptors (Lipinski definition) is 2. The van der Waals surface area contributed by atoms with Gasteiger partial charge in [0.05, 0.1) is 5.60 Å². The van der Waals surface area contributed by atoms with Crippen LogP contribution >= 0.6 is 11.6 Å². The Morgan fingerprint density at radius 2 is 1.85 bits per heavy atom. The van der Waals surface area contributed by atoms with Gasteiger partial charge in [-0.15, -0.1) is 0 Å². The summed E-state index contributed by atoms with van der Waals surface area (Å²) in [5.74, 6) is 0. The van der Waals surface area contributed by atoms with Crippen molar-refractivity contribution in [3.63, 3.8) is 0 Å². The molecule has 1 aromatic rings. The highest BCUT2D eigenvalue weighted by Gasteiger charge is 2.50. The molecule has 0 bridgehead atoms. The van der Waals surface area contributed by atoms with Gasteiger partial charge in [0, 0.05) is 17.0 Å². The van der Waals surface area contributed by atoms with E-state index >= 15 is 0 Å². The van der Waals surface area contributed by atoms with Gasteiger partial charge < -0.3 is 10.8 Å². The summed E-state index contributed by atoms with van der Waals surface area (Å²) in [4.78, 5) is 0. The highest BCUT2D eigenvalue weighted by atomic mass is 35.5. The fraction of sp³-hybridized carbons (Fsp3) is 0.647. The molecule has 2 nitrogen and oxygen atoms in total. The van der Waals surface area contributed by atoms with E-state index in [1.54, 1.807) is 0 Å². The fourth-order valence-corrected chi connectivity index (χ4v) is 3.58. The summed E-state index contributed by atoms with van der Waals surface area (Å²) < 4.78 is 0. The monoisotopic (exact) mass is 295 g/mol. The molecule has 1 aromatic carbocycles. The van der Waals surface area contributed by atoms with Crippen LogP contribution < -0.4 is 5.73 Å². The molecule has 1 aliphatic carbocycles. The Hall–Kier alpha value is -0.570. The van der Waals surface area contributed by atoms with Crippen molar-refractivity contribution in [2.75, 3.05) is 6.54 Å². The first-order chi connectivity index (χ1) is 9.22. The Morgan fingerprint density at radius 3 is 2.35 bits per heavy atom. The van der Waals surface area contributed by atoms with Gasteiger partial charge in [0.25, 0.3) is 0 Å². The number of benzene rings is 1. The van der Waals surface area contributed by atoms with Crippen molar-refractivity contribution in [2.45, 2.75) is 52.1 Å². The molecule has 1 aliphatic rings. The lowest BCUT2D eigenvalue weighted by atomic mass is 9.57. The van der Waals surface area contributed by atoms with Crippen LogP contribution in [0.5, 0.6) is 0 Å². The Kier molecular flexibility index (Phi) is 4.21. The Morgan fingerprint density at radius 1 is 1.25 bits per heavy atom. The molecule has 0 radical (unpaired) electrons. The number of hydrogen-bond donors (Lipinski definition) is 2. The molecule has 1 unspecified atom stereocenters. The van der Waals surface area contributed by atoms with E-state index in [-0.39, 0.29) is 5.41 Å². The van der Waals surface area contributed by atoms with Crippen LogP contribution in [0.4, 0.5) is 0 Å². The third-order valence-electron chi connectivity index (χ3n) is 5.37. The van der Waals surface area contributed by atoms with Crippen molar-refractivity contribution in [1.82, 2.24) is 0 Å². The van der Waals surface area contributed by atoms with Crippen molar-refractivity contribution in [1.29, 1.82) is 0 Å². The molecular formula is C17H26ClNO. The summed E-state index contributed by atoms with van der Waals surface area (Å²) in [5, 5.41) is 11.9. The topological polar surface area (TPSA) is 46.2 Å². The lowest BCUT2D eigenvalue weighted by Crippen LogP contribution is -2.51. The predicted octanol–water partition coefficient (Wildman–Crippen LogP) is 4.09. The van der Waals surface area contributed by atoms with E-state index in [4.69, 9.17) is 17.3 Å². The van der Waals surface area contributed by atoms with Crippen LogP contribution in [0.3, 0.4) is 0 Å². The second-order valence-corrected chi connectivity index (χ2v) is 7.67. The predicted molar refractivity (Wildman–Crippen MR) is 84.8 cm³/mol. The second-order valence-electron chi connectivity index (χ2n) is 7.23. The maximum atomic E-state index is 11.2. The highest BCUT2D eigenvalue weighted by Crippen LogP contribution is 2.53. The van der Waals surface area contributed by atoms with Gasteiger partial charge in [-0.05, 0) is 55.7 Å². The van der Waals surface area contributed by atoms with Gasteiger partial charge in [-0.2, -0.15) is 0 Å². The molecule has 0 spiro atoms. The summed E-state index contributed by atoms with van der Waals surface area (Å²) in [6, 6.07) is 7.53. The Labute approximate surface area is 127 Å². The Bertz CT molecular complexity index is 472. The van der Waals surface area contributed by atoms with E-state index in [0.717, 1.165) is 31.2 Å². The van der Waals surface area contributed by atoms with Crippen LogP contribution in [-0.4, -0.2) is 11.7 Å². The zero-order valence-corrected chi connectivity index (χ0v) is 13.5. The minimum absolute atomic E-state index is 0.257. The number of halogens is 1. The molecular weight excluding hydrogens is 270 g/mol. The van der Waals surface area contributed by atoms with Gasteiger partial charge in [-0.3, -0.25) is 0 Å². The van der Waals surface area contributed by atoms with Gasteiger partial charge in [0.1, 0.15) is 0 Å². The van der Waals surface area contributed by atoms with Crippen molar-refractivity contribution in [3.05, 3.63) is 34.9 Å². The normalized spacial score (nSPS) is 24.1. The summed E-state index contributed by atoms with van der Waals surface area (Å²) in [6.45, 7) is 6.98. The molecule has 0 amide bonds. The largest absolute Gasteiger partial charge is 0.385 e. The molecule has 1 fully saturated rings. The van der Waals surface area contributed by atoms with Gasteiger partial charge in [-0.25, -0.2) is 0 Å². The van der Waals surface area contributed by atoms with Crippen molar-refractivity contribution < 1.29 is 5.11 Å². The zero-order valence-electron chi connectivity index (χ0n) is 12.7. The van der Waals surface area contributed by atoms with Crippen molar-refractivity contribution in [3.8, 4) is 0 Å². The molecule has 0 saturated heterocycles. The number of aliphatic hydroxyl groups is 1. The summed E-state index contributed by atoms with van der Waals surface area (Å²) in [5.41, 5.74) is 6.12. The molecule has 0 heterocycles. The summed E-state index contributed by atoms with van der Waals surface area (Å²) >= 11 is 6.08. The number of nitrogens with two attached hydrogens (primary N) is 1. The quantitative estimate of drug-likeness (QED) is 0.882. The van der Waals surface area contributed by atoms with Crippen molar-refractivity contribution >= 4 is 11.6 Å². The van der Waals surface area contributed by atoms with Crippen LogP contribution in [0.25, 0.3) is 0 Å². The average molecular weight is 296 g/mol. The first-order valence-corrected chi connectivity index (χ1v) is 7.79. The van der Waals surface area contributed by atoms with Crippen LogP contribution in [0.2, 0.25) is 5.02 Å². The van der Waals surface area contributed by atoms with E-state index in [0.29, 0.717) is 17.0 Å². The van der Waals surface area contributed by atoms with Gasteiger partial charge in [0.2, 0.25) is 0 Å². The molecule has 3 N–H and O–H groups in total. The van der Waals surface area contributed by atoms with Crippen LogP contribution in [0.15, 0.2) is 24.3 Å². The first kappa shape index (κ1) is 15.8. The lowest BCUT2D eigenvalue weighted by Gasteiger charge is -2.51. The van der Waals surface area contributed by atoms with E-state index in [1.165, 1.54) is 0 Å². The van der Waals surface area contributed by atoms with Crippen LogP contribution in [0, 0.1) is 10.8 Å². The first-order valence-electron chi connectivity index (χ1n) is 7.41. The maximum Gasteiger partial charge on any atom is 0.0937 e. The average Bonchev–Trinajstić information content (AvgIpc) is 2.39. The molecule has 20 heavy (non-hydrogen) atoms. The van der Waals surface area contributed by atoms with E-state index in [1.807, 2.05) is 31.2 Å².